The lowest BCUT2D eigenvalue weighted by atomic mass is 9.96. The van der Waals surface area contributed by atoms with Crippen LogP contribution in [0.1, 0.15) is 36.4 Å². The number of alkyl halides is 3. The van der Waals surface area contributed by atoms with Crippen molar-refractivity contribution < 1.29 is 17.9 Å². The molecule has 0 heterocycles. The Hall–Kier alpha value is -1.07. The molecule has 19 heavy (non-hydrogen) atoms. The van der Waals surface area contributed by atoms with Crippen molar-refractivity contribution in [3.63, 3.8) is 0 Å². The summed E-state index contributed by atoms with van der Waals surface area (Å²) in [5.74, 6) is 0. The Morgan fingerprint density at radius 3 is 2.63 bits per heavy atom. The highest BCUT2D eigenvalue weighted by atomic mass is 19.4. The van der Waals surface area contributed by atoms with Gasteiger partial charge in [0, 0.05) is 0 Å². The summed E-state index contributed by atoms with van der Waals surface area (Å²) in [6, 6.07) is 5.20. The lowest BCUT2D eigenvalue weighted by Crippen LogP contribution is -2.28. The molecule has 1 N–H and O–H groups in total. The zero-order valence-corrected chi connectivity index (χ0v) is 10.8. The van der Waals surface area contributed by atoms with Crippen molar-refractivity contribution in [3.05, 3.63) is 35.4 Å². The first-order valence-electron chi connectivity index (χ1n) is 6.46. The average Bonchev–Trinajstić information content (AvgIpc) is 2.31. The molecule has 1 fully saturated rings. The minimum Gasteiger partial charge on any atom is -0.376 e. The van der Waals surface area contributed by atoms with E-state index in [1.165, 1.54) is 18.6 Å². The number of nitrogens with one attached hydrogen (secondary N) is 1. The van der Waals surface area contributed by atoms with E-state index in [4.69, 9.17) is 4.74 Å². The summed E-state index contributed by atoms with van der Waals surface area (Å²) in [6.07, 6.45) is -0.735. The van der Waals surface area contributed by atoms with Crippen LogP contribution in [0.25, 0.3) is 0 Å². The fourth-order valence-corrected chi connectivity index (χ4v) is 2.05. The molecule has 0 radical (unpaired) electrons. The Morgan fingerprint density at radius 2 is 2.11 bits per heavy atom. The number of hydrogen-bond acceptors (Lipinski definition) is 2. The van der Waals surface area contributed by atoms with Gasteiger partial charge in [-0.2, -0.15) is 13.2 Å². The fourth-order valence-electron chi connectivity index (χ4n) is 2.05. The Balaban J connectivity index is 2.04. The summed E-state index contributed by atoms with van der Waals surface area (Å²) in [5.41, 5.74) is -0.00876. The number of hydrogen-bond donors (Lipinski definition) is 1. The van der Waals surface area contributed by atoms with Crippen molar-refractivity contribution in [1.82, 2.24) is 5.32 Å². The first kappa shape index (κ1) is 14.3. The van der Waals surface area contributed by atoms with Crippen molar-refractivity contribution in [2.24, 2.45) is 0 Å². The van der Waals surface area contributed by atoms with Gasteiger partial charge < -0.3 is 10.1 Å². The van der Waals surface area contributed by atoms with E-state index >= 15 is 0 Å². The molecule has 0 aromatic heterocycles. The van der Waals surface area contributed by atoms with Crippen LogP contribution in [0.3, 0.4) is 0 Å². The molecular formula is C14H18F3NO. The zero-order chi connectivity index (χ0) is 13.9. The Morgan fingerprint density at radius 1 is 1.37 bits per heavy atom. The quantitative estimate of drug-likeness (QED) is 0.886. The number of benzene rings is 1. The monoisotopic (exact) mass is 273 g/mol. The minimum absolute atomic E-state index is 0.206. The van der Waals surface area contributed by atoms with E-state index in [-0.39, 0.29) is 12.1 Å². The van der Waals surface area contributed by atoms with E-state index in [0.717, 1.165) is 18.9 Å². The van der Waals surface area contributed by atoms with Crippen LogP contribution in [0.15, 0.2) is 24.3 Å². The van der Waals surface area contributed by atoms with Crippen LogP contribution < -0.4 is 5.32 Å². The third-order valence-electron chi connectivity index (χ3n) is 3.52. The highest BCUT2D eigenvalue weighted by Gasteiger charge is 2.31. The zero-order valence-electron chi connectivity index (χ0n) is 10.8. The molecule has 106 valence electrons. The van der Waals surface area contributed by atoms with Crippen LogP contribution in [0.4, 0.5) is 13.2 Å². The van der Waals surface area contributed by atoms with E-state index < -0.39 is 11.7 Å². The number of likely N-dealkylation sites (N-methyl/N-ethyl adjacent to an activating group) is 1. The maximum atomic E-state index is 12.7. The third-order valence-corrected chi connectivity index (χ3v) is 3.52. The molecular weight excluding hydrogens is 255 g/mol. The summed E-state index contributed by atoms with van der Waals surface area (Å²) < 4.78 is 43.7. The van der Waals surface area contributed by atoms with Gasteiger partial charge in [0.1, 0.15) is 0 Å². The van der Waals surface area contributed by atoms with E-state index in [9.17, 15) is 13.2 Å². The van der Waals surface area contributed by atoms with Gasteiger partial charge in [-0.25, -0.2) is 0 Å². The second-order valence-corrected chi connectivity index (χ2v) is 4.85. The van der Waals surface area contributed by atoms with Gasteiger partial charge in [0.2, 0.25) is 0 Å². The van der Waals surface area contributed by atoms with Gasteiger partial charge in [-0.3, -0.25) is 0 Å². The maximum absolute atomic E-state index is 12.7. The van der Waals surface area contributed by atoms with Crippen molar-refractivity contribution in [2.45, 2.75) is 37.6 Å². The molecule has 5 heteroatoms. The van der Waals surface area contributed by atoms with Crippen LogP contribution in [-0.4, -0.2) is 19.8 Å². The van der Waals surface area contributed by atoms with E-state index in [0.29, 0.717) is 12.2 Å². The molecule has 0 spiro atoms. The molecule has 0 amide bonds. The molecule has 0 bridgehead atoms. The van der Waals surface area contributed by atoms with Crippen LogP contribution in [0.2, 0.25) is 0 Å². The van der Waals surface area contributed by atoms with Crippen molar-refractivity contribution in [1.29, 1.82) is 0 Å². The van der Waals surface area contributed by atoms with Gasteiger partial charge in [0.05, 0.1) is 24.3 Å². The molecule has 2 rings (SSSR count). The smallest absolute Gasteiger partial charge is 0.376 e. The number of halogens is 3. The summed E-state index contributed by atoms with van der Waals surface area (Å²) in [7, 11) is 1.73. The summed E-state index contributed by atoms with van der Waals surface area (Å²) >= 11 is 0. The standard InChI is InChI=1S/C14H18F3NO/c1-18-13(9-19-12-6-3-7-12)10-4-2-5-11(8-10)14(15,16)17/h2,4-5,8,12-13,18H,3,6-7,9H2,1H3. The van der Waals surface area contributed by atoms with Crippen LogP contribution >= 0.6 is 0 Å². The Bertz CT molecular complexity index is 415. The number of rotatable bonds is 5. The van der Waals surface area contributed by atoms with Crippen LogP contribution in [0, 0.1) is 0 Å². The van der Waals surface area contributed by atoms with Gasteiger partial charge >= 0.3 is 6.18 Å². The predicted octanol–water partition coefficient (Wildman–Crippen LogP) is 3.54. The fraction of sp³-hybridized carbons (Fsp3) is 0.571. The Kier molecular flexibility index (Phi) is 4.47. The molecule has 2 nitrogen and oxygen atoms in total. The lowest BCUT2D eigenvalue weighted by Gasteiger charge is -2.28. The predicted molar refractivity (Wildman–Crippen MR) is 66.8 cm³/mol. The third kappa shape index (κ3) is 3.70. The normalized spacial score (nSPS) is 18.1. The molecule has 1 unspecified atom stereocenters. The highest BCUT2D eigenvalue weighted by molar-refractivity contribution is 5.28. The first-order valence-corrected chi connectivity index (χ1v) is 6.46. The summed E-state index contributed by atoms with van der Waals surface area (Å²) in [6.45, 7) is 0.405. The van der Waals surface area contributed by atoms with E-state index in [1.807, 2.05) is 0 Å². The van der Waals surface area contributed by atoms with Gasteiger partial charge in [-0.1, -0.05) is 12.1 Å². The van der Waals surface area contributed by atoms with Crippen LogP contribution in [0.5, 0.6) is 0 Å². The molecule has 0 aliphatic heterocycles. The molecule has 1 saturated carbocycles. The lowest BCUT2D eigenvalue weighted by molar-refractivity contribution is -0.137. The second kappa shape index (κ2) is 5.92. The molecule has 1 aliphatic carbocycles. The first-order chi connectivity index (χ1) is 9.00. The van der Waals surface area contributed by atoms with Crippen molar-refractivity contribution >= 4 is 0 Å². The summed E-state index contributed by atoms with van der Waals surface area (Å²) in [5, 5.41) is 3.01. The van der Waals surface area contributed by atoms with Gasteiger partial charge in [0.15, 0.2) is 0 Å². The largest absolute Gasteiger partial charge is 0.416 e. The highest BCUT2D eigenvalue weighted by Crippen LogP contribution is 2.31. The average molecular weight is 273 g/mol. The van der Waals surface area contributed by atoms with Crippen molar-refractivity contribution in [2.75, 3.05) is 13.7 Å². The van der Waals surface area contributed by atoms with E-state index in [1.54, 1.807) is 13.1 Å². The van der Waals surface area contributed by atoms with Gasteiger partial charge in [0.25, 0.3) is 0 Å². The Labute approximate surface area is 111 Å². The number of ether oxygens (including phenoxy) is 1. The second-order valence-electron chi connectivity index (χ2n) is 4.85. The molecule has 1 aliphatic rings. The maximum Gasteiger partial charge on any atom is 0.416 e. The molecule has 1 aromatic carbocycles. The molecule has 1 atom stereocenters. The molecule has 0 saturated heterocycles. The topological polar surface area (TPSA) is 21.3 Å². The summed E-state index contributed by atoms with van der Waals surface area (Å²) in [4.78, 5) is 0. The SMILES string of the molecule is CNC(COC1CCC1)c1cccc(C(F)(F)F)c1. The van der Waals surface area contributed by atoms with Crippen molar-refractivity contribution in [3.8, 4) is 0 Å². The minimum atomic E-state index is -4.30. The molecule has 1 aromatic rings. The van der Waals surface area contributed by atoms with Gasteiger partial charge in [-0.15, -0.1) is 0 Å². The van der Waals surface area contributed by atoms with E-state index in [2.05, 4.69) is 5.32 Å². The van der Waals surface area contributed by atoms with Crippen LogP contribution in [-0.2, 0) is 10.9 Å². The van der Waals surface area contributed by atoms with Gasteiger partial charge in [-0.05, 0) is 44.0 Å².